The van der Waals surface area contributed by atoms with E-state index in [2.05, 4.69) is 41.5 Å². The van der Waals surface area contributed by atoms with Crippen LogP contribution in [-0.4, -0.2) is 24.4 Å². The molecule has 3 aromatic carbocycles. The molecule has 0 heterocycles. The average molecular weight is 431 g/mol. The third-order valence-electron chi connectivity index (χ3n) is 5.46. The quantitative estimate of drug-likeness (QED) is 0.413. The number of nitrogens with zero attached hydrogens (tertiary/aromatic N) is 1. The van der Waals surface area contributed by atoms with Crippen LogP contribution in [0, 0.1) is 5.92 Å². The molecule has 4 rings (SSSR count). The first-order valence-electron chi connectivity index (χ1n) is 10.7. The lowest BCUT2D eigenvalue weighted by atomic mass is 10.1. The predicted octanol–water partition coefficient (Wildman–Crippen LogP) is 6.50. The molecule has 158 valence electrons. The fourth-order valence-electron chi connectivity index (χ4n) is 3.60. The Morgan fingerprint density at radius 1 is 0.968 bits per heavy atom. The highest BCUT2D eigenvalue weighted by Gasteiger charge is 2.22. The molecule has 1 N–H and O–H groups in total. The van der Waals surface area contributed by atoms with E-state index in [0.29, 0.717) is 0 Å². The van der Waals surface area contributed by atoms with Crippen LogP contribution in [0.3, 0.4) is 0 Å². The minimum Gasteiger partial charge on any atom is -0.323 e. The number of halogens is 1. The van der Waals surface area contributed by atoms with Crippen LogP contribution in [0.2, 0.25) is 5.02 Å². The second-order valence-electron chi connectivity index (χ2n) is 8.29. The molecule has 0 atom stereocenters. The smallest absolute Gasteiger partial charge is 0.248 e. The normalized spacial score (nSPS) is 13.6. The van der Waals surface area contributed by atoms with Crippen LogP contribution in [0.5, 0.6) is 0 Å². The van der Waals surface area contributed by atoms with Gasteiger partial charge in [-0.3, -0.25) is 4.79 Å². The van der Waals surface area contributed by atoms with E-state index in [1.165, 1.54) is 24.9 Å². The molecular formula is C27H27ClN2O. The molecule has 0 unspecified atom stereocenters. The summed E-state index contributed by atoms with van der Waals surface area (Å²) in [5.74, 6) is 0.756. The van der Waals surface area contributed by atoms with Crippen LogP contribution in [-0.2, 0) is 11.3 Å². The van der Waals surface area contributed by atoms with Gasteiger partial charge in [0.2, 0.25) is 5.91 Å². The molecule has 1 amide bonds. The van der Waals surface area contributed by atoms with Crippen molar-refractivity contribution in [1.29, 1.82) is 0 Å². The molecule has 4 heteroatoms. The summed E-state index contributed by atoms with van der Waals surface area (Å²) in [5.41, 5.74) is 5.24. The number of hydrogen-bond acceptors (Lipinski definition) is 2. The second-order valence-corrected chi connectivity index (χ2v) is 8.72. The van der Waals surface area contributed by atoms with Gasteiger partial charge in [-0.25, -0.2) is 0 Å². The maximum atomic E-state index is 12.3. The van der Waals surface area contributed by atoms with Crippen LogP contribution in [0.15, 0.2) is 78.9 Å². The van der Waals surface area contributed by atoms with Crippen molar-refractivity contribution in [3.63, 3.8) is 0 Å². The first-order valence-corrected chi connectivity index (χ1v) is 11.1. The summed E-state index contributed by atoms with van der Waals surface area (Å²) in [6.07, 6.45) is 6.17. The van der Waals surface area contributed by atoms with Crippen LogP contribution >= 0.6 is 11.6 Å². The number of benzene rings is 3. The minimum atomic E-state index is -0.146. The molecule has 31 heavy (non-hydrogen) atoms. The Morgan fingerprint density at radius 3 is 2.19 bits per heavy atom. The lowest BCUT2D eigenvalue weighted by molar-refractivity contribution is -0.111. The number of carbonyl (C=O) groups is 1. The fraction of sp³-hybridized carbons (Fsp3) is 0.222. The van der Waals surface area contributed by atoms with Crippen LogP contribution < -0.4 is 5.32 Å². The van der Waals surface area contributed by atoms with Crippen molar-refractivity contribution in [2.24, 2.45) is 5.92 Å². The maximum Gasteiger partial charge on any atom is 0.248 e. The number of hydrogen-bond donors (Lipinski definition) is 1. The van der Waals surface area contributed by atoms with Gasteiger partial charge in [-0.05, 0) is 78.4 Å². The summed E-state index contributed by atoms with van der Waals surface area (Å²) in [6, 6.07) is 23.9. The number of anilines is 1. The molecule has 0 aromatic heterocycles. The van der Waals surface area contributed by atoms with Gasteiger partial charge in [0, 0.05) is 29.9 Å². The van der Waals surface area contributed by atoms with E-state index in [1.54, 1.807) is 6.08 Å². The van der Waals surface area contributed by atoms with Crippen molar-refractivity contribution in [3.05, 3.63) is 95.0 Å². The highest BCUT2D eigenvalue weighted by Crippen LogP contribution is 2.29. The molecular weight excluding hydrogens is 404 g/mol. The molecule has 1 fully saturated rings. The van der Waals surface area contributed by atoms with Crippen molar-refractivity contribution in [3.8, 4) is 11.1 Å². The topological polar surface area (TPSA) is 32.3 Å². The highest BCUT2D eigenvalue weighted by atomic mass is 35.5. The second kappa shape index (κ2) is 9.95. The van der Waals surface area contributed by atoms with Gasteiger partial charge in [-0.15, -0.1) is 0 Å². The molecule has 1 aliphatic carbocycles. The van der Waals surface area contributed by atoms with Gasteiger partial charge in [-0.2, -0.15) is 0 Å². The maximum absolute atomic E-state index is 12.3. The third kappa shape index (κ3) is 6.55. The van der Waals surface area contributed by atoms with E-state index >= 15 is 0 Å². The highest BCUT2D eigenvalue weighted by molar-refractivity contribution is 6.30. The summed E-state index contributed by atoms with van der Waals surface area (Å²) >= 11 is 5.95. The van der Waals surface area contributed by atoms with E-state index in [1.807, 2.05) is 54.6 Å². The number of rotatable bonds is 8. The van der Waals surface area contributed by atoms with E-state index in [-0.39, 0.29) is 5.91 Å². The first-order chi connectivity index (χ1) is 15.0. The standard InChI is InChI=1S/C27H27ClN2O/c1-30(19-22-6-7-22)18-21-4-2-20(3-5-21)8-17-27(31)29-26-15-11-24(12-16-26)23-9-13-25(28)14-10-23/h2-5,8-17,22H,6-7,18-19H2,1H3,(H,29,31)/b17-8+. The van der Waals surface area contributed by atoms with Gasteiger partial charge in [0.1, 0.15) is 0 Å². The largest absolute Gasteiger partial charge is 0.323 e. The van der Waals surface area contributed by atoms with Gasteiger partial charge in [-0.1, -0.05) is 60.1 Å². The summed E-state index contributed by atoms with van der Waals surface area (Å²) in [5, 5.41) is 3.63. The molecule has 0 saturated heterocycles. The van der Waals surface area contributed by atoms with Gasteiger partial charge in [0.15, 0.2) is 0 Å². The summed E-state index contributed by atoms with van der Waals surface area (Å²) in [6.45, 7) is 2.15. The van der Waals surface area contributed by atoms with E-state index in [9.17, 15) is 4.79 Å². The number of amides is 1. The molecule has 3 aromatic rings. The number of carbonyl (C=O) groups excluding carboxylic acids is 1. The van der Waals surface area contributed by atoms with Crippen molar-refractivity contribution < 1.29 is 4.79 Å². The molecule has 0 bridgehead atoms. The van der Waals surface area contributed by atoms with Gasteiger partial charge in [0.25, 0.3) is 0 Å². The van der Waals surface area contributed by atoms with Crippen molar-refractivity contribution in [2.75, 3.05) is 18.9 Å². The van der Waals surface area contributed by atoms with Crippen LogP contribution in [0.4, 0.5) is 5.69 Å². The zero-order chi connectivity index (χ0) is 21.6. The van der Waals surface area contributed by atoms with Gasteiger partial charge >= 0.3 is 0 Å². The summed E-state index contributed by atoms with van der Waals surface area (Å²) < 4.78 is 0. The van der Waals surface area contributed by atoms with Crippen molar-refractivity contribution >= 4 is 29.3 Å². The summed E-state index contributed by atoms with van der Waals surface area (Å²) in [7, 11) is 2.18. The third-order valence-corrected chi connectivity index (χ3v) is 5.71. The number of nitrogens with one attached hydrogen (secondary N) is 1. The molecule has 0 radical (unpaired) electrons. The molecule has 0 spiro atoms. The molecule has 1 aliphatic rings. The zero-order valence-corrected chi connectivity index (χ0v) is 18.5. The van der Waals surface area contributed by atoms with Gasteiger partial charge in [0.05, 0.1) is 0 Å². The van der Waals surface area contributed by atoms with Gasteiger partial charge < -0.3 is 10.2 Å². The monoisotopic (exact) mass is 430 g/mol. The van der Waals surface area contributed by atoms with Crippen LogP contribution in [0.1, 0.15) is 24.0 Å². The molecule has 1 saturated carbocycles. The predicted molar refractivity (Wildman–Crippen MR) is 130 cm³/mol. The fourth-order valence-corrected chi connectivity index (χ4v) is 3.72. The lowest BCUT2D eigenvalue weighted by Gasteiger charge is -2.16. The average Bonchev–Trinajstić information content (AvgIpc) is 3.58. The Bertz CT molecular complexity index is 1040. The summed E-state index contributed by atoms with van der Waals surface area (Å²) in [4.78, 5) is 14.7. The Labute approximate surface area is 189 Å². The lowest BCUT2D eigenvalue weighted by Crippen LogP contribution is -2.20. The Morgan fingerprint density at radius 2 is 1.58 bits per heavy atom. The van der Waals surface area contributed by atoms with Crippen LogP contribution in [0.25, 0.3) is 17.2 Å². The minimum absolute atomic E-state index is 0.146. The SMILES string of the molecule is CN(Cc1ccc(/C=C/C(=O)Nc2ccc(-c3ccc(Cl)cc3)cc2)cc1)CC1CC1. The molecule has 0 aliphatic heterocycles. The van der Waals surface area contributed by atoms with Crippen molar-refractivity contribution in [1.82, 2.24) is 4.90 Å². The van der Waals surface area contributed by atoms with E-state index in [0.717, 1.165) is 39.9 Å². The first kappa shape index (κ1) is 21.4. The zero-order valence-electron chi connectivity index (χ0n) is 17.7. The van der Waals surface area contributed by atoms with E-state index in [4.69, 9.17) is 11.6 Å². The Hall–Kier alpha value is -2.88. The Kier molecular flexibility index (Phi) is 6.86. The Balaban J connectivity index is 1.29. The molecule has 3 nitrogen and oxygen atoms in total. The van der Waals surface area contributed by atoms with Crippen molar-refractivity contribution in [2.45, 2.75) is 19.4 Å². The van der Waals surface area contributed by atoms with E-state index < -0.39 is 0 Å².